The lowest BCUT2D eigenvalue weighted by Crippen LogP contribution is -2.40. The van der Waals surface area contributed by atoms with Gasteiger partial charge in [0.25, 0.3) is 0 Å². The number of thiazole rings is 1. The van der Waals surface area contributed by atoms with Crippen molar-refractivity contribution in [2.45, 2.75) is 51.5 Å². The van der Waals surface area contributed by atoms with E-state index in [0.717, 1.165) is 30.2 Å². The summed E-state index contributed by atoms with van der Waals surface area (Å²) in [5, 5.41) is 3.31. The highest BCUT2D eigenvalue weighted by Crippen LogP contribution is 2.38. The van der Waals surface area contributed by atoms with E-state index in [1.54, 1.807) is 11.3 Å². The summed E-state index contributed by atoms with van der Waals surface area (Å²) in [6.45, 7) is 4.45. The molecule has 0 bridgehead atoms. The minimum absolute atomic E-state index is 0.129. The van der Waals surface area contributed by atoms with Gasteiger partial charge in [-0.2, -0.15) is 0 Å². The molecule has 2 atom stereocenters. The van der Waals surface area contributed by atoms with E-state index in [9.17, 15) is 0 Å². The maximum atomic E-state index is 6.49. The van der Waals surface area contributed by atoms with Crippen LogP contribution in [-0.2, 0) is 12.0 Å². The van der Waals surface area contributed by atoms with Crippen molar-refractivity contribution in [2.24, 2.45) is 11.7 Å². The number of aromatic nitrogens is 1. The number of nitrogens with two attached hydrogens (primary N) is 1. The molecule has 0 radical (unpaired) electrons. The normalized spacial score (nSPS) is 31.8. The predicted molar refractivity (Wildman–Crippen MR) is 65.0 cm³/mol. The third-order valence-electron chi connectivity index (χ3n) is 3.37. The molecule has 2 N–H and O–H groups in total. The third-order valence-corrected chi connectivity index (χ3v) is 4.48. The van der Waals surface area contributed by atoms with Gasteiger partial charge in [-0.25, -0.2) is 4.98 Å². The highest BCUT2D eigenvalue weighted by atomic mass is 32.1. The molecule has 0 aromatic carbocycles. The van der Waals surface area contributed by atoms with Crippen LogP contribution in [0.2, 0.25) is 0 Å². The number of hydrogen-bond acceptors (Lipinski definition) is 3. The number of hydrogen-bond donors (Lipinski definition) is 1. The Labute approximate surface area is 95.9 Å². The zero-order valence-corrected chi connectivity index (χ0v) is 10.4. The smallest absolute Gasteiger partial charge is 0.113 e. The van der Waals surface area contributed by atoms with Gasteiger partial charge >= 0.3 is 0 Å². The first-order chi connectivity index (χ1) is 7.14. The second-order valence-corrected chi connectivity index (χ2v) is 5.71. The van der Waals surface area contributed by atoms with Gasteiger partial charge in [-0.15, -0.1) is 11.3 Å². The Hall–Kier alpha value is -0.410. The molecule has 1 aromatic rings. The van der Waals surface area contributed by atoms with Crippen LogP contribution in [0, 0.1) is 5.92 Å². The Kier molecular flexibility index (Phi) is 3.12. The summed E-state index contributed by atoms with van der Waals surface area (Å²) >= 11 is 1.75. The fourth-order valence-corrected chi connectivity index (χ4v) is 3.54. The Morgan fingerprint density at radius 2 is 2.47 bits per heavy atom. The highest BCUT2D eigenvalue weighted by Gasteiger charge is 2.35. The van der Waals surface area contributed by atoms with Crippen molar-refractivity contribution in [1.29, 1.82) is 0 Å². The molecule has 0 aliphatic heterocycles. The molecular weight excluding hydrogens is 204 g/mol. The van der Waals surface area contributed by atoms with Crippen LogP contribution in [0.25, 0.3) is 0 Å². The van der Waals surface area contributed by atoms with E-state index in [-0.39, 0.29) is 5.54 Å². The van der Waals surface area contributed by atoms with E-state index in [1.165, 1.54) is 18.5 Å². The topological polar surface area (TPSA) is 38.9 Å². The number of rotatable bonds is 2. The Balaban J connectivity index is 2.20. The van der Waals surface area contributed by atoms with Crippen molar-refractivity contribution < 1.29 is 0 Å². The average molecular weight is 224 g/mol. The van der Waals surface area contributed by atoms with Crippen LogP contribution in [-0.4, -0.2) is 4.98 Å². The van der Waals surface area contributed by atoms with Crippen molar-refractivity contribution >= 4 is 11.3 Å². The van der Waals surface area contributed by atoms with Gasteiger partial charge in [0.15, 0.2) is 0 Å². The van der Waals surface area contributed by atoms with Crippen LogP contribution < -0.4 is 5.73 Å². The molecular formula is C12H20N2S. The first-order valence-corrected chi connectivity index (χ1v) is 6.76. The standard InChI is InChI=1S/C12H20N2S/c1-3-10-8-15-11(14-10)12(13)6-4-5-9(2)7-12/h8-9H,3-7,13H2,1-2H3. The monoisotopic (exact) mass is 224 g/mol. The summed E-state index contributed by atoms with van der Waals surface area (Å²) in [6, 6.07) is 0. The summed E-state index contributed by atoms with van der Waals surface area (Å²) in [7, 11) is 0. The van der Waals surface area contributed by atoms with Crippen LogP contribution >= 0.6 is 11.3 Å². The van der Waals surface area contributed by atoms with Gasteiger partial charge in [-0.05, 0) is 25.2 Å². The fraction of sp³-hybridized carbons (Fsp3) is 0.750. The molecule has 2 nitrogen and oxygen atoms in total. The van der Waals surface area contributed by atoms with Crippen molar-refractivity contribution in [3.8, 4) is 0 Å². The lowest BCUT2D eigenvalue weighted by Gasteiger charge is -2.35. The SMILES string of the molecule is CCc1csc(C2(N)CCCC(C)C2)n1. The zero-order chi connectivity index (χ0) is 10.9. The summed E-state index contributed by atoms with van der Waals surface area (Å²) in [5.41, 5.74) is 7.55. The Morgan fingerprint density at radius 3 is 3.07 bits per heavy atom. The van der Waals surface area contributed by atoms with Gasteiger partial charge in [-0.1, -0.05) is 26.7 Å². The number of aryl methyl sites for hydroxylation is 1. The van der Waals surface area contributed by atoms with Crippen molar-refractivity contribution in [1.82, 2.24) is 4.98 Å². The highest BCUT2D eigenvalue weighted by molar-refractivity contribution is 7.09. The quantitative estimate of drug-likeness (QED) is 0.838. The predicted octanol–water partition coefficient (Wildman–Crippen LogP) is 3.07. The molecule has 15 heavy (non-hydrogen) atoms. The van der Waals surface area contributed by atoms with E-state index in [4.69, 9.17) is 5.73 Å². The molecule has 3 heteroatoms. The number of nitrogens with zero attached hydrogens (tertiary/aromatic N) is 1. The lowest BCUT2D eigenvalue weighted by molar-refractivity contribution is 0.238. The Bertz CT molecular complexity index is 334. The van der Waals surface area contributed by atoms with Crippen molar-refractivity contribution in [3.05, 3.63) is 16.1 Å². The second kappa shape index (κ2) is 4.22. The van der Waals surface area contributed by atoms with Gasteiger partial charge in [0.2, 0.25) is 0 Å². The minimum Gasteiger partial charge on any atom is -0.319 e. The van der Waals surface area contributed by atoms with Gasteiger partial charge in [0.05, 0.1) is 11.2 Å². The van der Waals surface area contributed by atoms with E-state index in [0.29, 0.717) is 0 Å². The summed E-state index contributed by atoms with van der Waals surface area (Å²) in [5.74, 6) is 0.748. The molecule has 0 spiro atoms. The lowest BCUT2D eigenvalue weighted by atomic mass is 9.77. The van der Waals surface area contributed by atoms with Gasteiger partial charge in [0, 0.05) is 5.38 Å². The summed E-state index contributed by atoms with van der Waals surface area (Å²) in [4.78, 5) is 4.65. The molecule has 1 aliphatic carbocycles. The molecule has 1 saturated carbocycles. The third kappa shape index (κ3) is 2.23. The maximum Gasteiger partial charge on any atom is 0.113 e. The van der Waals surface area contributed by atoms with Gasteiger partial charge in [-0.3, -0.25) is 0 Å². The largest absolute Gasteiger partial charge is 0.319 e. The van der Waals surface area contributed by atoms with E-state index in [1.807, 2.05) is 0 Å². The maximum absolute atomic E-state index is 6.49. The molecule has 84 valence electrons. The van der Waals surface area contributed by atoms with Crippen molar-refractivity contribution in [2.75, 3.05) is 0 Å². The van der Waals surface area contributed by atoms with Crippen LogP contribution in [0.4, 0.5) is 0 Å². The molecule has 1 aliphatic rings. The van der Waals surface area contributed by atoms with E-state index < -0.39 is 0 Å². The van der Waals surface area contributed by atoms with Gasteiger partial charge in [0.1, 0.15) is 5.01 Å². The van der Waals surface area contributed by atoms with Crippen molar-refractivity contribution in [3.63, 3.8) is 0 Å². The summed E-state index contributed by atoms with van der Waals surface area (Å²) in [6.07, 6.45) is 5.80. The van der Waals surface area contributed by atoms with Crippen LogP contribution in [0.15, 0.2) is 5.38 Å². The molecule has 1 heterocycles. The van der Waals surface area contributed by atoms with Crippen LogP contribution in [0.1, 0.15) is 50.2 Å². The van der Waals surface area contributed by atoms with E-state index >= 15 is 0 Å². The second-order valence-electron chi connectivity index (χ2n) is 4.86. The molecule has 0 amide bonds. The Morgan fingerprint density at radius 1 is 1.67 bits per heavy atom. The molecule has 2 rings (SSSR count). The van der Waals surface area contributed by atoms with Gasteiger partial charge < -0.3 is 5.73 Å². The molecule has 1 fully saturated rings. The first-order valence-electron chi connectivity index (χ1n) is 5.88. The van der Waals surface area contributed by atoms with Crippen LogP contribution in [0.3, 0.4) is 0 Å². The molecule has 2 unspecified atom stereocenters. The first kappa shape index (κ1) is 11.1. The molecule has 1 aromatic heterocycles. The fourth-order valence-electron chi connectivity index (χ4n) is 2.48. The van der Waals surface area contributed by atoms with Crippen LogP contribution in [0.5, 0.6) is 0 Å². The zero-order valence-electron chi connectivity index (χ0n) is 9.62. The average Bonchev–Trinajstić information content (AvgIpc) is 2.66. The minimum atomic E-state index is -0.129. The molecule has 0 saturated heterocycles. The van der Waals surface area contributed by atoms with E-state index in [2.05, 4.69) is 24.2 Å². The summed E-state index contributed by atoms with van der Waals surface area (Å²) < 4.78 is 0.